The summed E-state index contributed by atoms with van der Waals surface area (Å²) in [7, 11) is -16.4. The van der Waals surface area contributed by atoms with Gasteiger partial charge in [-0.3, -0.25) is 32.5 Å². The van der Waals surface area contributed by atoms with Gasteiger partial charge in [0.1, 0.15) is 36.3 Å². The number of nitrogens with two attached hydrogens (primary N) is 1. The normalized spacial score (nSPS) is 20.4. The van der Waals surface area contributed by atoms with Crippen LogP contribution in [0.4, 0.5) is 5.82 Å². The largest absolute Gasteiger partial charge is 0.481 e. The lowest BCUT2D eigenvalue weighted by Gasteiger charge is -2.30. The number of aliphatic hydroxyl groups excluding tert-OH is 2. The Morgan fingerprint density at radius 3 is 2.27 bits per heavy atom. The van der Waals surface area contributed by atoms with E-state index >= 15 is 0 Å². The molecule has 24 nitrogen and oxygen atoms in total. The fourth-order valence-electron chi connectivity index (χ4n) is 6.26. The van der Waals surface area contributed by atoms with Crippen molar-refractivity contribution in [3.63, 3.8) is 0 Å². The molecule has 0 radical (unpaired) electrons. The molecule has 378 valence electrons. The van der Waals surface area contributed by atoms with Crippen LogP contribution < -0.4 is 16.4 Å². The number of nitrogens with zero attached hydrogens (tertiary/aromatic N) is 4. The number of carbonyl (C=O) groups excluding carboxylic acids is 3. The van der Waals surface area contributed by atoms with E-state index in [2.05, 4.69) is 77.8 Å². The SMILES string of the molecule is CCC=CCC=CCC=CCCCCCCCC(=O)SCCNC(=O)CCNC(=O)[C@H](O)C(C)(C)COP(=O)(O)OP(=O)(O)OC[C@H]1O[C@@H](n2cnc3c(N)ncnc32)[C@@H](O)C1OP(=O)(O)O. The summed E-state index contributed by atoms with van der Waals surface area (Å²) in [6.07, 6.45) is 15.7. The zero-order chi connectivity index (χ0) is 49.7. The first-order chi connectivity index (χ1) is 31.6. The van der Waals surface area contributed by atoms with Gasteiger partial charge in [-0.25, -0.2) is 28.6 Å². The van der Waals surface area contributed by atoms with Gasteiger partial charge in [0.05, 0.1) is 19.5 Å². The molecule has 1 fully saturated rings. The van der Waals surface area contributed by atoms with Crippen LogP contribution in [0.2, 0.25) is 0 Å². The molecule has 1 aliphatic heterocycles. The van der Waals surface area contributed by atoms with Gasteiger partial charge in [-0.2, -0.15) is 4.31 Å². The van der Waals surface area contributed by atoms with Gasteiger partial charge in [0.15, 0.2) is 22.8 Å². The van der Waals surface area contributed by atoms with Crippen LogP contribution in [0.25, 0.3) is 11.2 Å². The van der Waals surface area contributed by atoms with Crippen molar-refractivity contribution < 1.29 is 80.5 Å². The molecular weight excluding hydrogens is 963 g/mol. The number of thioether (sulfide) groups is 1. The molecule has 3 rings (SSSR count). The number of ether oxygens (including phenoxy) is 1. The minimum atomic E-state index is -5.58. The Bertz CT molecular complexity index is 2140. The van der Waals surface area contributed by atoms with Crippen molar-refractivity contribution >= 4 is 69.1 Å². The minimum absolute atomic E-state index is 0.0316. The predicted molar refractivity (Wildman–Crippen MR) is 246 cm³/mol. The van der Waals surface area contributed by atoms with Crippen molar-refractivity contribution in [3.05, 3.63) is 49.1 Å². The third-order valence-electron chi connectivity index (χ3n) is 9.80. The zero-order valence-electron chi connectivity index (χ0n) is 37.6. The molecule has 10 N–H and O–H groups in total. The van der Waals surface area contributed by atoms with Gasteiger partial charge in [0.25, 0.3) is 0 Å². The van der Waals surface area contributed by atoms with Crippen LogP contribution in [-0.4, -0.2) is 123 Å². The highest BCUT2D eigenvalue weighted by molar-refractivity contribution is 8.13. The molecule has 7 atom stereocenters. The van der Waals surface area contributed by atoms with E-state index in [0.29, 0.717) is 12.2 Å². The first-order valence-electron chi connectivity index (χ1n) is 21.6. The molecule has 2 amide bonds. The summed E-state index contributed by atoms with van der Waals surface area (Å²) < 4.78 is 62.4. The predicted octanol–water partition coefficient (Wildman–Crippen LogP) is 4.25. The second-order valence-electron chi connectivity index (χ2n) is 15.9. The lowest BCUT2D eigenvalue weighted by molar-refractivity contribution is -0.137. The molecule has 28 heteroatoms. The molecule has 0 saturated carbocycles. The summed E-state index contributed by atoms with van der Waals surface area (Å²) >= 11 is 1.14. The lowest BCUT2D eigenvalue weighted by atomic mass is 9.87. The van der Waals surface area contributed by atoms with E-state index in [-0.39, 0.29) is 41.6 Å². The number of rotatable bonds is 32. The van der Waals surface area contributed by atoms with E-state index in [0.717, 1.165) is 86.8 Å². The number of hydrogen-bond acceptors (Lipinski definition) is 18. The van der Waals surface area contributed by atoms with Gasteiger partial charge >= 0.3 is 23.5 Å². The third-order valence-corrected chi connectivity index (χ3v) is 13.8. The average Bonchev–Trinajstić information content (AvgIpc) is 3.81. The molecule has 1 saturated heterocycles. The van der Waals surface area contributed by atoms with Crippen LogP contribution in [0.15, 0.2) is 49.1 Å². The van der Waals surface area contributed by atoms with Gasteiger partial charge in [0.2, 0.25) is 11.8 Å². The number of phosphoric acid groups is 3. The summed E-state index contributed by atoms with van der Waals surface area (Å²) in [5.74, 6) is -1.05. The van der Waals surface area contributed by atoms with E-state index < -0.39 is 84.6 Å². The number of anilines is 1. The van der Waals surface area contributed by atoms with Crippen molar-refractivity contribution in [2.75, 3.05) is 37.8 Å². The Morgan fingerprint density at radius 1 is 0.910 bits per heavy atom. The summed E-state index contributed by atoms with van der Waals surface area (Å²) in [5, 5.41) is 26.6. The molecule has 1 aliphatic rings. The fourth-order valence-corrected chi connectivity index (χ4v) is 9.81. The quantitative estimate of drug-likeness (QED) is 0.0281. The molecule has 0 spiro atoms. The van der Waals surface area contributed by atoms with Gasteiger partial charge in [-0.15, -0.1) is 0 Å². The van der Waals surface area contributed by atoms with Crippen molar-refractivity contribution in [1.82, 2.24) is 30.2 Å². The Balaban J connectivity index is 1.31. The van der Waals surface area contributed by atoms with Crippen molar-refractivity contribution in [1.29, 1.82) is 0 Å². The van der Waals surface area contributed by atoms with Gasteiger partial charge in [0, 0.05) is 37.1 Å². The number of nitrogens with one attached hydrogen (secondary N) is 2. The van der Waals surface area contributed by atoms with E-state index in [1.807, 2.05) is 0 Å². The molecule has 3 unspecified atom stereocenters. The number of aromatic nitrogens is 4. The van der Waals surface area contributed by atoms with Crippen molar-refractivity contribution in [2.24, 2.45) is 5.41 Å². The second-order valence-corrected chi connectivity index (χ2v) is 21.3. The fraction of sp³-hybridized carbons (Fsp3) is 0.641. The Kier molecular flexibility index (Phi) is 24.7. The van der Waals surface area contributed by atoms with Crippen LogP contribution in [0.1, 0.15) is 97.6 Å². The van der Waals surface area contributed by atoms with Gasteiger partial charge < -0.3 is 50.9 Å². The number of imidazole rings is 1. The Labute approximate surface area is 393 Å². The van der Waals surface area contributed by atoms with E-state index in [9.17, 15) is 57.9 Å². The molecule has 0 bridgehead atoms. The van der Waals surface area contributed by atoms with Crippen LogP contribution in [0.5, 0.6) is 0 Å². The summed E-state index contributed by atoms with van der Waals surface area (Å²) in [6, 6.07) is 0. The first kappa shape index (κ1) is 58.1. The van der Waals surface area contributed by atoms with Gasteiger partial charge in [-0.1, -0.05) is 88.3 Å². The smallest absolute Gasteiger partial charge is 0.386 e. The minimum Gasteiger partial charge on any atom is -0.386 e. The number of fused-ring (bicyclic) bond motifs is 1. The maximum absolute atomic E-state index is 12.7. The number of allylic oxidation sites excluding steroid dienone is 6. The van der Waals surface area contributed by atoms with E-state index in [4.69, 9.17) is 19.5 Å². The lowest BCUT2D eigenvalue weighted by Crippen LogP contribution is -2.46. The number of phosphoric ester groups is 3. The first-order valence-corrected chi connectivity index (χ1v) is 27.1. The maximum atomic E-state index is 12.7. The number of hydrogen-bond donors (Lipinski definition) is 9. The van der Waals surface area contributed by atoms with E-state index in [1.54, 1.807) is 0 Å². The zero-order valence-corrected chi connectivity index (χ0v) is 41.1. The molecule has 3 heterocycles. The molecule has 2 aromatic heterocycles. The highest BCUT2D eigenvalue weighted by Crippen LogP contribution is 2.61. The highest BCUT2D eigenvalue weighted by Gasteiger charge is 2.50. The maximum Gasteiger partial charge on any atom is 0.481 e. The highest BCUT2D eigenvalue weighted by atomic mass is 32.2. The van der Waals surface area contributed by atoms with Crippen LogP contribution in [-0.2, 0) is 50.7 Å². The van der Waals surface area contributed by atoms with Crippen LogP contribution in [0, 0.1) is 5.41 Å². The number of unbranched alkanes of at least 4 members (excludes halogenated alkanes) is 5. The molecule has 0 aliphatic carbocycles. The second kappa shape index (κ2) is 28.4. The Morgan fingerprint density at radius 2 is 1.57 bits per heavy atom. The standard InChI is InChI=1S/C39H64N7O17P3S/c1-4-5-6-7-8-9-10-11-12-13-14-15-16-17-18-19-30(48)67-23-22-41-29(47)20-21-42-37(51)34(50)39(2,3)25-60-66(57,58)63-65(55,56)59-24-28-33(62-64(52,53)54)32(49)38(61-28)46-27-45-31-35(40)43-26-44-36(31)46/h5-6,8-9,11-12,26-28,32-34,38,49-50H,4,7,10,13-25H2,1-3H3,(H,41,47)(H,42,51)(H,55,56)(H,57,58)(H2,40,43,44)(H2,52,53,54)/t28-,32+,33?,34+,38-/m1/s1. The summed E-state index contributed by atoms with van der Waals surface area (Å²) in [6.45, 7) is 2.66. The van der Waals surface area contributed by atoms with Crippen molar-refractivity contribution in [2.45, 2.75) is 122 Å². The summed E-state index contributed by atoms with van der Waals surface area (Å²) in [4.78, 5) is 88.3. The van der Waals surface area contributed by atoms with Crippen LogP contribution in [0.3, 0.4) is 0 Å². The average molecular weight is 1030 g/mol. The Hall–Kier alpha value is -3.22. The topological polar surface area (TPSA) is 364 Å². The van der Waals surface area contributed by atoms with Crippen LogP contribution >= 0.6 is 35.2 Å². The number of nitrogen functional groups attached to an aromatic ring is 1. The molecule has 67 heavy (non-hydrogen) atoms. The molecular formula is C39H64N7O17P3S. The summed E-state index contributed by atoms with van der Waals surface area (Å²) in [5.41, 5.74) is 4.28. The molecule has 0 aromatic carbocycles. The van der Waals surface area contributed by atoms with Crippen molar-refractivity contribution in [3.8, 4) is 0 Å². The number of aliphatic hydroxyl groups is 2. The van der Waals surface area contributed by atoms with E-state index in [1.165, 1.54) is 13.8 Å². The van der Waals surface area contributed by atoms with Gasteiger partial charge in [-0.05, 0) is 38.5 Å². The number of amides is 2. The molecule has 2 aromatic rings. The monoisotopic (exact) mass is 1030 g/mol. The third kappa shape index (κ3) is 21.5. The number of carbonyl (C=O) groups is 3.